The molecule has 94 valence electrons. The van der Waals surface area contributed by atoms with Gasteiger partial charge >= 0.3 is 0 Å². The number of benzene rings is 2. The van der Waals surface area contributed by atoms with Gasteiger partial charge in [-0.05, 0) is 52.9 Å². The van der Waals surface area contributed by atoms with Crippen LogP contribution < -0.4 is 9.47 Å². The van der Waals surface area contributed by atoms with Crippen molar-refractivity contribution in [3.63, 3.8) is 0 Å². The van der Waals surface area contributed by atoms with Crippen LogP contribution in [0.15, 0.2) is 46.9 Å². The van der Waals surface area contributed by atoms with Crippen molar-refractivity contribution in [3.05, 3.63) is 56.1 Å². The average Bonchev–Trinajstić information content (AvgIpc) is 2.39. The Kier molecular flexibility index (Phi) is 4.88. The molecule has 2 aromatic carbocycles. The molecule has 0 aliphatic carbocycles. The summed E-state index contributed by atoms with van der Waals surface area (Å²) < 4.78 is 13.1. The number of hydrogen-bond donors (Lipinski definition) is 0. The van der Waals surface area contributed by atoms with E-state index in [2.05, 4.69) is 38.5 Å². The standard InChI is InChI=1S/C14H12BrIO2/c1-17-11-6-7-12(15)10(8-11)9-18-14-5-3-2-4-13(14)16/h2-8H,9H2,1H3. The minimum Gasteiger partial charge on any atom is -0.497 e. The molecule has 0 atom stereocenters. The third-order valence-corrected chi connectivity index (χ3v) is 4.14. The monoisotopic (exact) mass is 418 g/mol. The molecule has 2 rings (SSSR count). The van der Waals surface area contributed by atoms with Crippen molar-refractivity contribution in [2.24, 2.45) is 0 Å². The van der Waals surface area contributed by atoms with Gasteiger partial charge < -0.3 is 9.47 Å². The number of para-hydroxylation sites is 1. The van der Waals surface area contributed by atoms with Gasteiger partial charge in [-0.3, -0.25) is 0 Å². The average molecular weight is 419 g/mol. The zero-order valence-corrected chi connectivity index (χ0v) is 13.6. The van der Waals surface area contributed by atoms with E-state index in [4.69, 9.17) is 9.47 Å². The number of hydrogen-bond acceptors (Lipinski definition) is 2. The highest BCUT2D eigenvalue weighted by Gasteiger charge is 2.05. The molecule has 0 radical (unpaired) electrons. The molecule has 0 spiro atoms. The second kappa shape index (κ2) is 6.43. The molecule has 0 fully saturated rings. The lowest BCUT2D eigenvalue weighted by molar-refractivity contribution is 0.302. The van der Waals surface area contributed by atoms with Crippen LogP contribution in [0.25, 0.3) is 0 Å². The van der Waals surface area contributed by atoms with E-state index in [1.54, 1.807) is 7.11 Å². The molecule has 0 aromatic heterocycles. The summed E-state index contributed by atoms with van der Waals surface area (Å²) in [4.78, 5) is 0. The van der Waals surface area contributed by atoms with Gasteiger partial charge in [-0.2, -0.15) is 0 Å². The third-order valence-electron chi connectivity index (χ3n) is 2.47. The first kappa shape index (κ1) is 13.7. The summed E-state index contributed by atoms with van der Waals surface area (Å²) in [5, 5.41) is 0. The van der Waals surface area contributed by atoms with E-state index in [0.717, 1.165) is 25.1 Å². The van der Waals surface area contributed by atoms with E-state index in [1.165, 1.54) is 0 Å². The first-order valence-corrected chi connectivity index (χ1v) is 7.27. The van der Waals surface area contributed by atoms with Gasteiger partial charge in [-0.25, -0.2) is 0 Å². The van der Waals surface area contributed by atoms with Gasteiger partial charge in [0.2, 0.25) is 0 Å². The molecule has 2 nitrogen and oxygen atoms in total. The largest absolute Gasteiger partial charge is 0.497 e. The van der Waals surface area contributed by atoms with Crippen LogP contribution in [0.4, 0.5) is 0 Å². The van der Waals surface area contributed by atoms with Crippen LogP contribution in [-0.4, -0.2) is 7.11 Å². The molecular formula is C14H12BrIO2. The van der Waals surface area contributed by atoms with Crippen LogP contribution in [0.1, 0.15) is 5.56 Å². The summed E-state index contributed by atoms with van der Waals surface area (Å²) >= 11 is 5.78. The van der Waals surface area contributed by atoms with Crippen LogP contribution in [0.2, 0.25) is 0 Å². The minimum absolute atomic E-state index is 0.512. The topological polar surface area (TPSA) is 18.5 Å². The molecule has 0 aliphatic heterocycles. The molecule has 0 aliphatic rings. The third kappa shape index (κ3) is 3.38. The quantitative estimate of drug-likeness (QED) is 0.673. The van der Waals surface area contributed by atoms with Crippen molar-refractivity contribution in [1.29, 1.82) is 0 Å². The Balaban J connectivity index is 2.13. The molecule has 0 heterocycles. The maximum atomic E-state index is 5.81. The highest BCUT2D eigenvalue weighted by atomic mass is 127. The minimum atomic E-state index is 0.512. The van der Waals surface area contributed by atoms with E-state index in [-0.39, 0.29) is 0 Å². The predicted octanol–water partition coefficient (Wildman–Crippen LogP) is 4.64. The number of methoxy groups -OCH3 is 1. The van der Waals surface area contributed by atoms with Gasteiger partial charge in [-0.1, -0.05) is 28.1 Å². The van der Waals surface area contributed by atoms with Gasteiger partial charge in [0, 0.05) is 10.0 Å². The van der Waals surface area contributed by atoms with Crippen molar-refractivity contribution in [2.75, 3.05) is 7.11 Å². The Labute approximate surface area is 129 Å². The lowest BCUT2D eigenvalue weighted by Gasteiger charge is -2.10. The normalized spacial score (nSPS) is 10.2. The fraction of sp³-hybridized carbons (Fsp3) is 0.143. The van der Waals surface area contributed by atoms with Crippen molar-refractivity contribution in [3.8, 4) is 11.5 Å². The summed E-state index contributed by atoms with van der Waals surface area (Å²) in [7, 11) is 1.66. The summed E-state index contributed by atoms with van der Waals surface area (Å²) in [6, 6.07) is 13.8. The van der Waals surface area contributed by atoms with Crippen LogP contribution in [0.3, 0.4) is 0 Å². The number of halogens is 2. The van der Waals surface area contributed by atoms with Crippen molar-refractivity contribution < 1.29 is 9.47 Å². The maximum Gasteiger partial charge on any atom is 0.133 e. The SMILES string of the molecule is COc1ccc(Br)c(COc2ccccc2I)c1. The molecule has 2 aromatic rings. The van der Waals surface area contributed by atoms with Crippen molar-refractivity contribution >= 4 is 38.5 Å². The molecule has 0 saturated heterocycles. The predicted molar refractivity (Wildman–Crippen MR) is 84.2 cm³/mol. The molecule has 0 N–H and O–H groups in total. The first-order chi connectivity index (χ1) is 8.70. The molecule has 18 heavy (non-hydrogen) atoms. The van der Waals surface area contributed by atoms with E-state index >= 15 is 0 Å². The Morgan fingerprint density at radius 3 is 2.67 bits per heavy atom. The number of rotatable bonds is 4. The highest BCUT2D eigenvalue weighted by molar-refractivity contribution is 14.1. The van der Waals surface area contributed by atoms with Gasteiger partial charge in [0.15, 0.2) is 0 Å². The summed E-state index contributed by atoms with van der Waals surface area (Å²) in [5.74, 6) is 1.73. The fourth-order valence-electron chi connectivity index (χ4n) is 1.51. The Morgan fingerprint density at radius 1 is 1.17 bits per heavy atom. The van der Waals surface area contributed by atoms with Gasteiger partial charge in [0.25, 0.3) is 0 Å². The highest BCUT2D eigenvalue weighted by Crippen LogP contribution is 2.25. The van der Waals surface area contributed by atoms with E-state index in [0.29, 0.717) is 6.61 Å². The van der Waals surface area contributed by atoms with Crippen molar-refractivity contribution in [1.82, 2.24) is 0 Å². The Morgan fingerprint density at radius 2 is 1.94 bits per heavy atom. The lowest BCUT2D eigenvalue weighted by atomic mass is 10.2. The van der Waals surface area contributed by atoms with Crippen LogP contribution in [-0.2, 0) is 6.61 Å². The van der Waals surface area contributed by atoms with E-state index in [1.807, 2.05) is 42.5 Å². The smallest absolute Gasteiger partial charge is 0.133 e. The van der Waals surface area contributed by atoms with Gasteiger partial charge in [0.1, 0.15) is 18.1 Å². The summed E-state index contributed by atoms with van der Waals surface area (Å²) in [6.07, 6.45) is 0. The van der Waals surface area contributed by atoms with Crippen molar-refractivity contribution in [2.45, 2.75) is 6.61 Å². The summed E-state index contributed by atoms with van der Waals surface area (Å²) in [6.45, 7) is 0.512. The molecule has 0 saturated carbocycles. The van der Waals surface area contributed by atoms with Gasteiger partial charge in [0.05, 0.1) is 10.7 Å². The molecule has 0 amide bonds. The second-order valence-corrected chi connectivity index (χ2v) is 5.69. The zero-order valence-electron chi connectivity index (χ0n) is 9.82. The Hall–Kier alpha value is -0.750. The van der Waals surface area contributed by atoms with Crippen LogP contribution in [0, 0.1) is 3.57 Å². The Bertz CT molecular complexity index is 543. The van der Waals surface area contributed by atoms with Gasteiger partial charge in [-0.15, -0.1) is 0 Å². The van der Waals surface area contributed by atoms with Crippen LogP contribution in [0.5, 0.6) is 11.5 Å². The molecule has 0 unspecified atom stereocenters. The van der Waals surface area contributed by atoms with E-state index < -0.39 is 0 Å². The molecular weight excluding hydrogens is 407 g/mol. The fourth-order valence-corrected chi connectivity index (χ4v) is 2.41. The van der Waals surface area contributed by atoms with Crippen LogP contribution >= 0.6 is 38.5 Å². The number of ether oxygens (including phenoxy) is 2. The molecule has 0 bridgehead atoms. The van der Waals surface area contributed by atoms with E-state index in [9.17, 15) is 0 Å². The second-order valence-electron chi connectivity index (χ2n) is 3.68. The first-order valence-electron chi connectivity index (χ1n) is 5.40. The zero-order chi connectivity index (χ0) is 13.0. The maximum absolute atomic E-state index is 5.81. The summed E-state index contributed by atoms with van der Waals surface area (Å²) in [5.41, 5.74) is 1.06. The molecule has 4 heteroatoms. The lowest BCUT2D eigenvalue weighted by Crippen LogP contribution is -1.98.